The monoisotopic (exact) mass is 218 g/mol. The third kappa shape index (κ3) is 4.13. The van der Waals surface area contributed by atoms with Gasteiger partial charge in [0.2, 0.25) is 0 Å². The standard InChI is InChI=1S/C10H19FN2O2/c1-2-15-10(14)3-5-13-6-4-12-8-9(13)7-11/h9,12H,2-8H2,1H3/t9-/m0/s1. The van der Waals surface area contributed by atoms with E-state index in [1.807, 2.05) is 4.90 Å². The van der Waals surface area contributed by atoms with Crippen LogP contribution in [-0.2, 0) is 9.53 Å². The van der Waals surface area contributed by atoms with E-state index in [1.54, 1.807) is 6.92 Å². The molecule has 1 atom stereocenters. The molecule has 0 saturated carbocycles. The van der Waals surface area contributed by atoms with Gasteiger partial charge in [0.05, 0.1) is 19.1 Å². The first-order chi connectivity index (χ1) is 7.27. The maximum atomic E-state index is 12.6. The average Bonchev–Trinajstić information content (AvgIpc) is 2.27. The fourth-order valence-corrected chi connectivity index (χ4v) is 1.72. The second kappa shape index (κ2) is 6.74. The van der Waals surface area contributed by atoms with Gasteiger partial charge in [-0.3, -0.25) is 9.69 Å². The number of ether oxygens (including phenoxy) is 1. The fourth-order valence-electron chi connectivity index (χ4n) is 1.72. The smallest absolute Gasteiger partial charge is 0.307 e. The van der Waals surface area contributed by atoms with E-state index in [0.717, 1.165) is 13.1 Å². The third-order valence-electron chi connectivity index (χ3n) is 2.56. The molecule has 0 amide bonds. The Labute approximate surface area is 89.8 Å². The lowest BCUT2D eigenvalue weighted by Gasteiger charge is -2.34. The van der Waals surface area contributed by atoms with E-state index in [0.29, 0.717) is 26.1 Å². The van der Waals surface area contributed by atoms with Crippen molar-refractivity contribution in [3.05, 3.63) is 0 Å². The van der Waals surface area contributed by atoms with Crippen LogP contribution in [-0.4, -0.2) is 56.4 Å². The van der Waals surface area contributed by atoms with Crippen LogP contribution in [0.15, 0.2) is 0 Å². The molecule has 4 nitrogen and oxygen atoms in total. The van der Waals surface area contributed by atoms with E-state index in [1.165, 1.54) is 0 Å². The zero-order chi connectivity index (χ0) is 11.1. The van der Waals surface area contributed by atoms with Crippen LogP contribution in [0.5, 0.6) is 0 Å². The van der Waals surface area contributed by atoms with Crippen LogP contribution in [0, 0.1) is 0 Å². The molecule has 1 fully saturated rings. The number of esters is 1. The maximum absolute atomic E-state index is 12.6. The van der Waals surface area contributed by atoms with Gasteiger partial charge in [-0.1, -0.05) is 0 Å². The van der Waals surface area contributed by atoms with Crippen molar-refractivity contribution >= 4 is 5.97 Å². The van der Waals surface area contributed by atoms with Gasteiger partial charge < -0.3 is 10.1 Å². The molecule has 0 aromatic rings. The summed E-state index contributed by atoms with van der Waals surface area (Å²) in [6.45, 7) is 4.75. The molecule has 5 heteroatoms. The molecule has 0 aliphatic carbocycles. The molecule has 1 N–H and O–H groups in total. The number of alkyl halides is 1. The minimum absolute atomic E-state index is 0.0897. The lowest BCUT2D eigenvalue weighted by Crippen LogP contribution is -2.52. The predicted octanol–water partition coefficient (Wildman–Crippen LogP) is 0.183. The van der Waals surface area contributed by atoms with E-state index in [-0.39, 0.29) is 18.7 Å². The normalized spacial score (nSPS) is 22.7. The quantitative estimate of drug-likeness (QED) is 0.669. The number of hydrogen-bond acceptors (Lipinski definition) is 4. The molecular formula is C10H19FN2O2. The number of carbonyl (C=O) groups excluding carboxylic acids is 1. The molecule has 88 valence electrons. The number of carbonyl (C=O) groups is 1. The van der Waals surface area contributed by atoms with Crippen molar-refractivity contribution in [3.63, 3.8) is 0 Å². The first kappa shape index (κ1) is 12.4. The van der Waals surface area contributed by atoms with Crippen LogP contribution >= 0.6 is 0 Å². The van der Waals surface area contributed by atoms with Crippen molar-refractivity contribution in [2.75, 3.05) is 39.5 Å². The largest absolute Gasteiger partial charge is 0.466 e. The highest BCUT2D eigenvalue weighted by Gasteiger charge is 2.22. The summed E-state index contributed by atoms with van der Waals surface area (Å²) in [5.74, 6) is -0.200. The van der Waals surface area contributed by atoms with Gasteiger partial charge in [0.15, 0.2) is 0 Å². The molecule has 1 rings (SSSR count). The van der Waals surface area contributed by atoms with Gasteiger partial charge in [-0.25, -0.2) is 4.39 Å². The highest BCUT2D eigenvalue weighted by atomic mass is 19.1. The Balaban J connectivity index is 2.26. The summed E-state index contributed by atoms with van der Waals surface area (Å²) >= 11 is 0. The maximum Gasteiger partial charge on any atom is 0.307 e. The number of halogens is 1. The Kier molecular flexibility index (Phi) is 5.57. The molecule has 0 bridgehead atoms. The van der Waals surface area contributed by atoms with Crippen LogP contribution in [0.3, 0.4) is 0 Å². The van der Waals surface area contributed by atoms with Crippen LogP contribution < -0.4 is 5.32 Å². The zero-order valence-electron chi connectivity index (χ0n) is 9.17. The summed E-state index contributed by atoms with van der Waals surface area (Å²) < 4.78 is 17.4. The van der Waals surface area contributed by atoms with Gasteiger partial charge in [0.25, 0.3) is 0 Å². The van der Waals surface area contributed by atoms with Crippen molar-refractivity contribution in [2.45, 2.75) is 19.4 Å². The number of nitrogens with zero attached hydrogens (tertiary/aromatic N) is 1. The summed E-state index contributed by atoms with van der Waals surface area (Å²) in [6.07, 6.45) is 0.352. The molecule has 0 unspecified atom stereocenters. The number of nitrogens with one attached hydrogen (secondary N) is 1. The molecule has 0 aromatic heterocycles. The van der Waals surface area contributed by atoms with Crippen LogP contribution in [0.25, 0.3) is 0 Å². The molecule has 1 saturated heterocycles. The summed E-state index contributed by atoms with van der Waals surface area (Å²) in [6, 6.07) is -0.0897. The first-order valence-electron chi connectivity index (χ1n) is 5.44. The van der Waals surface area contributed by atoms with Gasteiger partial charge in [0.1, 0.15) is 6.67 Å². The highest BCUT2D eigenvalue weighted by Crippen LogP contribution is 2.05. The molecule has 1 aliphatic heterocycles. The summed E-state index contributed by atoms with van der Waals surface area (Å²) in [5.41, 5.74) is 0. The van der Waals surface area contributed by atoms with Crippen LogP contribution in [0.4, 0.5) is 4.39 Å². The van der Waals surface area contributed by atoms with Gasteiger partial charge in [-0.05, 0) is 6.92 Å². The van der Waals surface area contributed by atoms with E-state index in [2.05, 4.69) is 5.32 Å². The third-order valence-corrected chi connectivity index (χ3v) is 2.56. The molecule has 0 radical (unpaired) electrons. The Morgan fingerprint density at radius 2 is 2.47 bits per heavy atom. The van der Waals surface area contributed by atoms with Crippen LogP contribution in [0.1, 0.15) is 13.3 Å². The highest BCUT2D eigenvalue weighted by molar-refractivity contribution is 5.69. The number of piperazine rings is 1. The molecule has 0 aromatic carbocycles. The summed E-state index contributed by atoms with van der Waals surface area (Å²) in [5, 5.41) is 3.13. The minimum Gasteiger partial charge on any atom is -0.466 e. The molecule has 1 heterocycles. The Bertz CT molecular complexity index is 202. The van der Waals surface area contributed by atoms with E-state index < -0.39 is 0 Å². The van der Waals surface area contributed by atoms with Crippen molar-refractivity contribution in [3.8, 4) is 0 Å². The number of rotatable bonds is 5. The van der Waals surface area contributed by atoms with Gasteiger partial charge in [0, 0.05) is 26.2 Å². The second-order valence-corrected chi connectivity index (χ2v) is 3.60. The van der Waals surface area contributed by atoms with E-state index in [9.17, 15) is 9.18 Å². The summed E-state index contributed by atoms with van der Waals surface area (Å²) in [7, 11) is 0. The van der Waals surface area contributed by atoms with Crippen molar-refractivity contribution < 1.29 is 13.9 Å². The number of hydrogen-bond donors (Lipinski definition) is 1. The minimum atomic E-state index is -0.365. The first-order valence-corrected chi connectivity index (χ1v) is 5.44. The average molecular weight is 218 g/mol. The molecule has 0 spiro atoms. The lowest BCUT2D eigenvalue weighted by atomic mass is 10.2. The Morgan fingerprint density at radius 1 is 1.67 bits per heavy atom. The zero-order valence-corrected chi connectivity index (χ0v) is 9.17. The van der Waals surface area contributed by atoms with Crippen molar-refractivity contribution in [2.24, 2.45) is 0 Å². The topological polar surface area (TPSA) is 41.6 Å². The van der Waals surface area contributed by atoms with Gasteiger partial charge >= 0.3 is 5.97 Å². The second-order valence-electron chi connectivity index (χ2n) is 3.60. The van der Waals surface area contributed by atoms with Crippen molar-refractivity contribution in [1.82, 2.24) is 10.2 Å². The lowest BCUT2D eigenvalue weighted by molar-refractivity contribution is -0.143. The molecule has 15 heavy (non-hydrogen) atoms. The fraction of sp³-hybridized carbons (Fsp3) is 0.900. The molecular weight excluding hydrogens is 199 g/mol. The predicted molar refractivity (Wildman–Crippen MR) is 55.5 cm³/mol. The SMILES string of the molecule is CCOC(=O)CCN1CCNC[C@@H]1CF. The van der Waals surface area contributed by atoms with Gasteiger partial charge in [-0.15, -0.1) is 0 Å². The summed E-state index contributed by atoms with van der Waals surface area (Å²) in [4.78, 5) is 13.1. The molecule has 1 aliphatic rings. The van der Waals surface area contributed by atoms with Crippen molar-refractivity contribution in [1.29, 1.82) is 0 Å². The van der Waals surface area contributed by atoms with Crippen LogP contribution in [0.2, 0.25) is 0 Å². The Hall–Kier alpha value is -0.680. The van der Waals surface area contributed by atoms with E-state index >= 15 is 0 Å². The van der Waals surface area contributed by atoms with E-state index in [4.69, 9.17) is 4.74 Å². The Morgan fingerprint density at radius 3 is 3.13 bits per heavy atom. The van der Waals surface area contributed by atoms with Gasteiger partial charge in [-0.2, -0.15) is 0 Å².